The molecule has 38 heavy (non-hydrogen) atoms. The molecule has 0 radical (unpaired) electrons. The van der Waals surface area contributed by atoms with Gasteiger partial charge in [-0.05, 0) is 101 Å². The number of hydrogen-bond acceptors (Lipinski definition) is 6. The number of halogens is 4. The quantitative estimate of drug-likeness (QED) is 0.0908. The molecule has 0 fully saturated rings. The van der Waals surface area contributed by atoms with Crippen LogP contribution >= 0.6 is 77.0 Å². The average molecular weight is 908 g/mol. The number of pyridine rings is 2. The van der Waals surface area contributed by atoms with Gasteiger partial charge in [-0.25, -0.2) is 19.3 Å². The van der Waals surface area contributed by atoms with Gasteiger partial charge in [-0.1, -0.05) is 39.3 Å². The minimum absolute atomic E-state index is 0.471. The van der Waals surface area contributed by atoms with Crippen LogP contribution in [0.5, 0.6) is 0 Å². The van der Waals surface area contributed by atoms with E-state index in [1.165, 1.54) is 12.1 Å². The summed E-state index contributed by atoms with van der Waals surface area (Å²) in [6.45, 7) is 16.6. The lowest BCUT2D eigenvalue weighted by Gasteiger charge is -2.15. The number of ether oxygens (including phenoxy) is 2. The molecule has 0 aromatic carbocycles. The van der Waals surface area contributed by atoms with E-state index in [9.17, 15) is 0 Å². The highest BCUT2D eigenvalue weighted by atomic mass is 127. The Hall–Kier alpha value is 0.0138. The highest BCUT2D eigenvalue weighted by molar-refractivity contribution is 14.1. The van der Waals surface area contributed by atoms with Crippen LogP contribution in [-0.4, -0.2) is 58.9 Å². The first-order valence-corrected chi connectivity index (χ1v) is 23.4. The maximum absolute atomic E-state index is 5.73. The zero-order valence-electron chi connectivity index (χ0n) is 22.6. The van der Waals surface area contributed by atoms with Gasteiger partial charge in [0.2, 0.25) is 0 Å². The van der Waals surface area contributed by atoms with Crippen molar-refractivity contribution in [2.24, 2.45) is 0 Å². The van der Waals surface area contributed by atoms with Gasteiger partial charge in [0.05, 0.1) is 10.8 Å². The van der Waals surface area contributed by atoms with Gasteiger partial charge >= 0.3 is 0 Å². The molecule has 4 aromatic rings. The fraction of sp³-hybridized carbons (Fsp3) is 0.500. The first-order valence-electron chi connectivity index (χ1n) is 12.2. The van der Waals surface area contributed by atoms with E-state index in [1.54, 1.807) is 12.4 Å². The molecule has 4 aromatic heterocycles. The number of fused-ring (bicyclic) bond motifs is 2. The van der Waals surface area contributed by atoms with Crippen molar-refractivity contribution >= 4 is 115 Å². The highest BCUT2D eigenvalue weighted by Crippen LogP contribution is 2.23. The summed E-state index contributed by atoms with van der Waals surface area (Å²) in [5, 5.41) is 11.1. The second-order valence-corrected chi connectivity index (χ2v) is 26.4. The first kappa shape index (κ1) is 32.5. The van der Waals surface area contributed by atoms with E-state index in [2.05, 4.69) is 136 Å². The summed E-state index contributed by atoms with van der Waals surface area (Å²) in [6, 6.07) is 6.41. The van der Waals surface area contributed by atoms with Crippen LogP contribution in [0.25, 0.3) is 22.1 Å². The molecule has 0 saturated heterocycles. The van der Waals surface area contributed by atoms with Crippen LogP contribution in [-0.2, 0) is 22.9 Å². The van der Waals surface area contributed by atoms with E-state index in [1.807, 2.05) is 21.5 Å². The Labute approximate surface area is 270 Å². The third-order valence-electron chi connectivity index (χ3n) is 5.44. The molecule has 14 heteroatoms. The zero-order chi connectivity index (χ0) is 28.1. The summed E-state index contributed by atoms with van der Waals surface area (Å²) < 4.78 is 19.0. The molecule has 0 amide bonds. The van der Waals surface area contributed by atoms with Gasteiger partial charge in [0, 0.05) is 50.7 Å². The fourth-order valence-corrected chi connectivity index (χ4v) is 6.72. The Kier molecular flexibility index (Phi) is 12.2. The summed E-state index contributed by atoms with van der Waals surface area (Å²) >= 11 is 11.3. The van der Waals surface area contributed by atoms with Crippen LogP contribution < -0.4 is 0 Å². The van der Waals surface area contributed by atoms with Gasteiger partial charge < -0.3 is 9.47 Å². The number of aromatic nitrogens is 6. The Morgan fingerprint density at radius 2 is 1.08 bits per heavy atom. The SMILES string of the molecule is C[Si](C)(C)CCOCn1nc(I)c2cc(Br)cnc21.C[Si](C)(C)CCOCn1nc(I)c2cc(Br)cnc21. The number of hydrogen-bond donors (Lipinski definition) is 0. The molecule has 4 rings (SSSR count). The molecule has 0 atom stereocenters. The van der Waals surface area contributed by atoms with Crippen molar-refractivity contribution < 1.29 is 9.47 Å². The minimum Gasteiger partial charge on any atom is -0.359 e. The Morgan fingerprint density at radius 3 is 1.42 bits per heavy atom. The topological polar surface area (TPSA) is 79.9 Å². The predicted molar refractivity (Wildman–Crippen MR) is 184 cm³/mol. The molecule has 208 valence electrons. The van der Waals surface area contributed by atoms with Crippen molar-refractivity contribution in [2.45, 2.75) is 64.8 Å². The molecular formula is C24H34Br2I2N6O2Si2. The second kappa shape index (κ2) is 14.3. The summed E-state index contributed by atoms with van der Waals surface area (Å²) in [6.07, 6.45) is 3.58. The van der Waals surface area contributed by atoms with E-state index < -0.39 is 16.1 Å². The molecule has 0 bridgehead atoms. The third-order valence-corrected chi connectivity index (χ3v) is 11.3. The molecular weight excluding hydrogens is 874 g/mol. The Balaban J connectivity index is 0.000000211. The molecule has 0 spiro atoms. The number of nitrogens with zero attached hydrogens (tertiary/aromatic N) is 6. The van der Waals surface area contributed by atoms with Crippen LogP contribution in [0.4, 0.5) is 0 Å². The van der Waals surface area contributed by atoms with Gasteiger partial charge in [0.25, 0.3) is 0 Å². The van der Waals surface area contributed by atoms with Crippen molar-refractivity contribution in [3.05, 3.63) is 40.9 Å². The standard InChI is InChI=1S/2C12H17BrIN3OSi/c2*1-19(2,3)5-4-18-8-17-12-10(11(14)16-17)6-9(13)7-15-12/h2*6-7H,4-5,8H2,1-3H3. The summed E-state index contributed by atoms with van der Waals surface area (Å²) in [7, 11) is -2.06. The smallest absolute Gasteiger partial charge is 0.161 e. The lowest BCUT2D eigenvalue weighted by molar-refractivity contribution is 0.0809. The van der Waals surface area contributed by atoms with Gasteiger partial charge in [-0.2, -0.15) is 10.2 Å². The van der Waals surface area contributed by atoms with Gasteiger partial charge in [0.15, 0.2) is 11.3 Å². The normalized spacial score (nSPS) is 12.3. The zero-order valence-corrected chi connectivity index (χ0v) is 32.1. The van der Waals surface area contributed by atoms with Crippen molar-refractivity contribution in [3.8, 4) is 0 Å². The maximum atomic E-state index is 5.73. The van der Waals surface area contributed by atoms with E-state index in [-0.39, 0.29) is 0 Å². The number of rotatable bonds is 10. The molecule has 0 N–H and O–H groups in total. The molecule has 0 aliphatic heterocycles. The molecule has 0 saturated carbocycles. The molecule has 0 aliphatic rings. The Morgan fingerprint density at radius 1 is 0.711 bits per heavy atom. The fourth-order valence-electron chi connectivity index (χ4n) is 3.23. The van der Waals surface area contributed by atoms with Crippen LogP contribution in [0.1, 0.15) is 0 Å². The molecule has 8 nitrogen and oxygen atoms in total. The Bertz CT molecular complexity index is 1270. The third kappa shape index (κ3) is 10.1. The second-order valence-electron chi connectivity index (χ2n) is 11.3. The van der Waals surface area contributed by atoms with E-state index in [4.69, 9.17) is 9.47 Å². The summed E-state index contributed by atoms with van der Waals surface area (Å²) in [5.74, 6) is 0. The van der Waals surface area contributed by atoms with Crippen molar-refractivity contribution in [2.75, 3.05) is 13.2 Å². The maximum Gasteiger partial charge on any atom is 0.161 e. The molecule has 0 unspecified atom stereocenters. The largest absolute Gasteiger partial charge is 0.359 e. The van der Waals surface area contributed by atoms with E-state index in [0.29, 0.717) is 13.5 Å². The molecule has 4 heterocycles. The average Bonchev–Trinajstić information content (AvgIpc) is 3.29. The van der Waals surface area contributed by atoms with E-state index >= 15 is 0 Å². The minimum atomic E-state index is -1.03. The van der Waals surface area contributed by atoms with Crippen molar-refractivity contribution in [1.29, 1.82) is 0 Å². The van der Waals surface area contributed by atoms with Crippen molar-refractivity contribution in [1.82, 2.24) is 29.5 Å². The van der Waals surface area contributed by atoms with Crippen LogP contribution in [0, 0.1) is 7.40 Å². The van der Waals surface area contributed by atoms with Crippen LogP contribution in [0.2, 0.25) is 51.4 Å². The van der Waals surface area contributed by atoms with E-state index in [0.717, 1.165) is 51.6 Å². The van der Waals surface area contributed by atoms with Crippen LogP contribution in [0.15, 0.2) is 33.5 Å². The monoisotopic (exact) mass is 906 g/mol. The van der Waals surface area contributed by atoms with Crippen molar-refractivity contribution in [3.63, 3.8) is 0 Å². The lowest BCUT2D eigenvalue weighted by Crippen LogP contribution is -2.22. The summed E-state index contributed by atoms with van der Waals surface area (Å²) in [4.78, 5) is 8.81. The predicted octanol–water partition coefficient (Wildman–Crippen LogP) is 8.22. The van der Waals surface area contributed by atoms with Gasteiger partial charge in [-0.15, -0.1) is 0 Å². The first-order chi connectivity index (χ1) is 17.7. The molecule has 0 aliphatic carbocycles. The van der Waals surface area contributed by atoms with Gasteiger partial charge in [0.1, 0.15) is 20.9 Å². The van der Waals surface area contributed by atoms with Gasteiger partial charge in [-0.3, -0.25) is 0 Å². The lowest BCUT2D eigenvalue weighted by atomic mass is 10.4. The highest BCUT2D eigenvalue weighted by Gasteiger charge is 2.15. The summed E-state index contributed by atoms with van der Waals surface area (Å²) in [5.41, 5.74) is 1.75. The van der Waals surface area contributed by atoms with Crippen LogP contribution in [0.3, 0.4) is 0 Å².